The van der Waals surface area contributed by atoms with E-state index in [9.17, 15) is 8.42 Å². The Kier molecular flexibility index (Phi) is 4.87. The molecule has 0 radical (unpaired) electrons. The molecule has 2 heterocycles. The van der Waals surface area contributed by atoms with Crippen molar-refractivity contribution in [3.8, 4) is 0 Å². The molecule has 0 aromatic carbocycles. The molecule has 0 spiro atoms. The monoisotopic (exact) mass is 289 g/mol. The average molecular weight is 289 g/mol. The summed E-state index contributed by atoms with van der Waals surface area (Å²) in [6, 6.07) is 0.254. The first-order valence-corrected chi connectivity index (χ1v) is 8.79. The molecule has 3 unspecified atom stereocenters. The Labute approximate surface area is 117 Å². The number of nitrogens with one attached hydrogen (secondary N) is 1. The molecule has 5 nitrogen and oxygen atoms in total. The Morgan fingerprint density at radius 2 is 1.95 bits per heavy atom. The summed E-state index contributed by atoms with van der Waals surface area (Å²) in [6.07, 6.45) is 4.06. The highest BCUT2D eigenvalue weighted by atomic mass is 32.2. The van der Waals surface area contributed by atoms with Gasteiger partial charge in [-0.05, 0) is 39.2 Å². The smallest absolute Gasteiger partial charge is 0.282 e. The van der Waals surface area contributed by atoms with Gasteiger partial charge < -0.3 is 5.32 Å². The molecular weight excluding hydrogens is 262 g/mol. The number of hydrogen-bond acceptors (Lipinski definition) is 3. The van der Waals surface area contributed by atoms with E-state index in [1.807, 2.05) is 14.0 Å². The zero-order chi connectivity index (χ0) is 14.0. The second-order valence-corrected chi connectivity index (χ2v) is 7.92. The summed E-state index contributed by atoms with van der Waals surface area (Å²) in [4.78, 5) is 0. The maximum Gasteiger partial charge on any atom is 0.282 e. The highest BCUT2D eigenvalue weighted by Crippen LogP contribution is 2.30. The minimum atomic E-state index is -3.29. The van der Waals surface area contributed by atoms with Crippen molar-refractivity contribution >= 4 is 10.2 Å². The van der Waals surface area contributed by atoms with E-state index in [1.54, 1.807) is 8.61 Å². The van der Waals surface area contributed by atoms with E-state index >= 15 is 0 Å². The van der Waals surface area contributed by atoms with Crippen LogP contribution in [0.1, 0.15) is 39.5 Å². The van der Waals surface area contributed by atoms with Gasteiger partial charge in [0.25, 0.3) is 10.2 Å². The van der Waals surface area contributed by atoms with E-state index in [0.717, 1.165) is 32.2 Å². The summed E-state index contributed by atoms with van der Waals surface area (Å²) >= 11 is 0. The first kappa shape index (κ1) is 15.2. The zero-order valence-electron chi connectivity index (χ0n) is 12.3. The van der Waals surface area contributed by atoms with Crippen LogP contribution in [0.4, 0.5) is 0 Å². The standard InChI is InChI=1S/C13H27N3O2S/c1-11-8-12(2)16(10-11)19(17,18)15-7-5-4-6-13(15)9-14-3/h11-14H,4-10H2,1-3H3. The van der Waals surface area contributed by atoms with Gasteiger partial charge in [0.05, 0.1) is 0 Å². The van der Waals surface area contributed by atoms with Crippen molar-refractivity contribution in [2.24, 2.45) is 5.92 Å². The van der Waals surface area contributed by atoms with Gasteiger partial charge in [0, 0.05) is 31.7 Å². The van der Waals surface area contributed by atoms with Gasteiger partial charge in [-0.15, -0.1) is 0 Å². The molecule has 2 aliphatic heterocycles. The topological polar surface area (TPSA) is 52.7 Å². The predicted molar refractivity (Wildman–Crippen MR) is 77.1 cm³/mol. The van der Waals surface area contributed by atoms with Crippen molar-refractivity contribution in [1.82, 2.24) is 13.9 Å². The van der Waals surface area contributed by atoms with E-state index in [0.29, 0.717) is 19.0 Å². The highest BCUT2D eigenvalue weighted by molar-refractivity contribution is 7.86. The van der Waals surface area contributed by atoms with Gasteiger partial charge in [0.1, 0.15) is 0 Å². The van der Waals surface area contributed by atoms with Crippen LogP contribution in [-0.2, 0) is 10.2 Å². The second kappa shape index (κ2) is 6.08. The van der Waals surface area contributed by atoms with Crippen LogP contribution in [0.3, 0.4) is 0 Å². The van der Waals surface area contributed by atoms with Crippen LogP contribution in [0, 0.1) is 5.92 Å². The molecule has 0 aliphatic carbocycles. The highest BCUT2D eigenvalue weighted by Gasteiger charge is 2.41. The van der Waals surface area contributed by atoms with Crippen molar-refractivity contribution < 1.29 is 8.42 Å². The van der Waals surface area contributed by atoms with Gasteiger partial charge in [0.2, 0.25) is 0 Å². The average Bonchev–Trinajstić information content (AvgIpc) is 2.70. The van der Waals surface area contributed by atoms with Crippen LogP contribution in [0.5, 0.6) is 0 Å². The summed E-state index contributed by atoms with van der Waals surface area (Å²) in [7, 11) is -1.40. The van der Waals surface area contributed by atoms with E-state index in [4.69, 9.17) is 0 Å². The van der Waals surface area contributed by atoms with Gasteiger partial charge >= 0.3 is 0 Å². The molecule has 0 saturated carbocycles. The largest absolute Gasteiger partial charge is 0.318 e. The SMILES string of the molecule is CNCC1CCCCN1S(=O)(=O)N1CC(C)CC1C. The van der Waals surface area contributed by atoms with E-state index < -0.39 is 10.2 Å². The van der Waals surface area contributed by atoms with Gasteiger partial charge in [-0.2, -0.15) is 17.0 Å². The third-order valence-corrected chi connectivity index (χ3v) is 6.51. The molecule has 112 valence electrons. The normalized spacial score (nSPS) is 34.8. The van der Waals surface area contributed by atoms with Gasteiger partial charge in [-0.25, -0.2) is 0 Å². The zero-order valence-corrected chi connectivity index (χ0v) is 13.1. The Bertz CT molecular complexity index is 397. The lowest BCUT2D eigenvalue weighted by atomic mass is 10.1. The van der Waals surface area contributed by atoms with Crippen molar-refractivity contribution in [2.75, 3.05) is 26.7 Å². The molecule has 6 heteroatoms. The van der Waals surface area contributed by atoms with Gasteiger partial charge in [-0.1, -0.05) is 13.3 Å². The van der Waals surface area contributed by atoms with Gasteiger partial charge in [0.15, 0.2) is 0 Å². The molecule has 2 rings (SSSR count). The van der Waals surface area contributed by atoms with Crippen molar-refractivity contribution in [3.05, 3.63) is 0 Å². The number of rotatable bonds is 4. The third kappa shape index (κ3) is 3.12. The molecule has 2 aliphatic rings. The Hall–Kier alpha value is -0.170. The molecule has 3 atom stereocenters. The molecule has 0 aromatic heterocycles. The van der Waals surface area contributed by atoms with Crippen LogP contribution in [0.15, 0.2) is 0 Å². The predicted octanol–water partition coefficient (Wildman–Crippen LogP) is 1.04. The van der Waals surface area contributed by atoms with Crippen LogP contribution in [0.25, 0.3) is 0 Å². The molecular formula is C13H27N3O2S. The van der Waals surface area contributed by atoms with Crippen LogP contribution < -0.4 is 5.32 Å². The molecule has 0 amide bonds. The summed E-state index contributed by atoms with van der Waals surface area (Å²) in [5.41, 5.74) is 0. The second-order valence-electron chi connectivity index (χ2n) is 6.09. The third-order valence-electron chi connectivity index (χ3n) is 4.33. The molecule has 0 bridgehead atoms. The quantitative estimate of drug-likeness (QED) is 0.841. The number of piperidine rings is 1. The lowest BCUT2D eigenvalue weighted by molar-refractivity contribution is 0.227. The van der Waals surface area contributed by atoms with E-state index in [2.05, 4.69) is 12.2 Å². The van der Waals surface area contributed by atoms with Crippen LogP contribution >= 0.6 is 0 Å². The van der Waals surface area contributed by atoms with Crippen LogP contribution in [-0.4, -0.2) is 55.8 Å². The maximum absolute atomic E-state index is 12.9. The van der Waals surface area contributed by atoms with Crippen molar-refractivity contribution in [1.29, 1.82) is 0 Å². The summed E-state index contributed by atoms with van der Waals surface area (Å²) in [6.45, 7) is 6.25. The van der Waals surface area contributed by atoms with E-state index in [1.165, 1.54) is 0 Å². The van der Waals surface area contributed by atoms with E-state index in [-0.39, 0.29) is 12.1 Å². The number of hydrogen-bond donors (Lipinski definition) is 1. The number of likely N-dealkylation sites (N-methyl/N-ethyl adjacent to an activating group) is 1. The molecule has 19 heavy (non-hydrogen) atoms. The fourth-order valence-electron chi connectivity index (χ4n) is 3.44. The van der Waals surface area contributed by atoms with Gasteiger partial charge in [-0.3, -0.25) is 0 Å². The van der Waals surface area contributed by atoms with Crippen molar-refractivity contribution in [3.63, 3.8) is 0 Å². The first-order chi connectivity index (χ1) is 8.96. The minimum Gasteiger partial charge on any atom is -0.318 e. The molecule has 2 saturated heterocycles. The maximum atomic E-state index is 12.9. The Morgan fingerprint density at radius 1 is 1.21 bits per heavy atom. The first-order valence-electron chi connectivity index (χ1n) is 7.40. The lowest BCUT2D eigenvalue weighted by Crippen LogP contribution is -2.54. The van der Waals surface area contributed by atoms with Crippen molar-refractivity contribution in [2.45, 2.75) is 51.6 Å². The lowest BCUT2D eigenvalue weighted by Gasteiger charge is -2.38. The Morgan fingerprint density at radius 3 is 2.53 bits per heavy atom. The Balaban J connectivity index is 2.17. The molecule has 2 fully saturated rings. The summed E-state index contributed by atoms with van der Waals surface area (Å²) < 4.78 is 29.2. The summed E-state index contributed by atoms with van der Waals surface area (Å²) in [5.74, 6) is 0.470. The molecule has 0 aromatic rings. The summed E-state index contributed by atoms with van der Waals surface area (Å²) in [5, 5.41) is 3.13. The number of nitrogens with zero attached hydrogens (tertiary/aromatic N) is 2. The minimum absolute atomic E-state index is 0.117. The molecule has 1 N–H and O–H groups in total. The fraction of sp³-hybridized carbons (Fsp3) is 1.00. The fourth-order valence-corrected chi connectivity index (χ4v) is 5.60. The van der Waals surface area contributed by atoms with Crippen LogP contribution in [0.2, 0.25) is 0 Å².